The average Bonchev–Trinajstić information content (AvgIpc) is 3.83. The van der Waals surface area contributed by atoms with Gasteiger partial charge in [-0.1, -0.05) is 146 Å². The second-order valence-electron chi connectivity index (χ2n) is 14.3. The van der Waals surface area contributed by atoms with Crippen LogP contribution in [0.3, 0.4) is 0 Å². The summed E-state index contributed by atoms with van der Waals surface area (Å²) in [7, 11) is 0. The zero-order valence-electron chi connectivity index (χ0n) is 30.4. The molecule has 0 atom stereocenters. The third-order valence-corrected chi connectivity index (χ3v) is 12.2. The predicted molar refractivity (Wildman–Crippen MR) is 234 cm³/mol. The van der Waals surface area contributed by atoms with Crippen molar-refractivity contribution >= 4 is 48.5 Å². The molecule has 11 rings (SSSR count). The van der Waals surface area contributed by atoms with Crippen molar-refractivity contribution in [3.05, 3.63) is 187 Å². The van der Waals surface area contributed by atoms with Crippen LogP contribution < -0.4 is 0 Å². The van der Waals surface area contributed by atoms with Gasteiger partial charge in [0.1, 0.15) is 0 Å². The minimum Gasteiger partial charge on any atom is -0.313 e. The highest BCUT2D eigenvalue weighted by atomic mass is 32.1. The van der Waals surface area contributed by atoms with Crippen molar-refractivity contribution in [3.8, 4) is 62.1 Å². The molecule has 0 fully saturated rings. The number of thiophene rings is 1. The fourth-order valence-corrected chi connectivity index (χ4v) is 9.65. The van der Waals surface area contributed by atoms with Gasteiger partial charge < -0.3 is 4.57 Å². The van der Waals surface area contributed by atoms with Crippen LogP contribution in [0.15, 0.2) is 176 Å². The van der Waals surface area contributed by atoms with E-state index >= 15 is 0 Å². The Morgan fingerprint density at radius 2 is 1.11 bits per heavy atom. The van der Waals surface area contributed by atoms with Crippen LogP contribution in [-0.4, -0.2) is 19.5 Å². The number of aromatic nitrogens is 4. The molecular formula is C51H34N4S. The van der Waals surface area contributed by atoms with Crippen molar-refractivity contribution in [2.45, 2.75) is 12.8 Å². The molecule has 0 unspecified atom stereocenters. The SMILES string of the molecule is C1=Cc2c(n(-c3ccccc3)c3ccc(-c4ccccc4-c4cccc5sc6c(-c7nc(-c8ccccc8)nc(-c8ccccc8)n7)cccc6c45)cc23)CC1. The first-order valence-electron chi connectivity index (χ1n) is 19.1. The van der Waals surface area contributed by atoms with E-state index in [0.717, 1.165) is 29.5 Å². The van der Waals surface area contributed by atoms with E-state index in [1.54, 1.807) is 11.3 Å². The molecule has 0 radical (unpaired) electrons. The number of nitrogens with zero attached hydrogens (tertiary/aromatic N) is 4. The number of para-hydroxylation sites is 1. The van der Waals surface area contributed by atoms with Gasteiger partial charge in [0.25, 0.3) is 0 Å². The molecule has 1 aliphatic rings. The van der Waals surface area contributed by atoms with E-state index in [1.165, 1.54) is 70.3 Å². The molecule has 0 saturated heterocycles. The van der Waals surface area contributed by atoms with Crippen LogP contribution in [0.1, 0.15) is 17.7 Å². The molecule has 5 heteroatoms. The molecule has 0 saturated carbocycles. The minimum absolute atomic E-state index is 0.662. The summed E-state index contributed by atoms with van der Waals surface area (Å²) in [5.74, 6) is 2.00. The van der Waals surface area contributed by atoms with Crippen molar-refractivity contribution in [3.63, 3.8) is 0 Å². The molecule has 3 heterocycles. The largest absolute Gasteiger partial charge is 0.313 e. The lowest BCUT2D eigenvalue weighted by Gasteiger charge is -2.13. The third kappa shape index (κ3) is 5.39. The molecule has 0 N–H and O–H groups in total. The van der Waals surface area contributed by atoms with E-state index in [9.17, 15) is 0 Å². The van der Waals surface area contributed by atoms with Crippen LogP contribution in [0.5, 0.6) is 0 Å². The highest BCUT2D eigenvalue weighted by molar-refractivity contribution is 7.26. The summed E-state index contributed by atoms with van der Waals surface area (Å²) in [6, 6.07) is 60.3. The summed E-state index contributed by atoms with van der Waals surface area (Å²) in [5.41, 5.74) is 13.0. The molecular weight excluding hydrogens is 701 g/mol. The maximum absolute atomic E-state index is 5.11. The summed E-state index contributed by atoms with van der Waals surface area (Å²) < 4.78 is 4.85. The minimum atomic E-state index is 0.662. The molecule has 7 aromatic carbocycles. The van der Waals surface area contributed by atoms with Gasteiger partial charge in [-0.3, -0.25) is 0 Å². The highest BCUT2D eigenvalue weighted by Crippen LogP contribution is 2.46. The Balaban J connectivity index is 1.08. The second-order valence-corrected chi connectivity index (χ2v) is 15.3. The average molecular weight is 735 g/mol. The first-order chi connectivity index (χ1) is 27.8. The van der Waals surface area contributed by atoms with Crippen molar-refractivity contribution in [1.82, 2.24) is 19.5 Å². The lowest BCUT2D eigenvalue weighted by Crippen LogP contribution is -2.02. The van der Waals surface area contributed by atoms with E-state index in [2.05, 4.69) is 150 Å². The standard InChI is InChI=1S/C51H34N4S/c1-4-16-33(17-5-1)49-52-50(34-18-6-2-7-19-34)54-51(53-49)42-27-14-26-41-47-40(25-15-29-46(47)56-48(41)42)38-23-11-10-22-37(38)35-30-31-45-43(32-35)39-24-12-13-28-44(39)55(45)36-20-8-3-9-21-36/h1-12,14-27,29-32H,13,28H2. The Morgan fingerprint density at radius 3 is 1.86 bits per heavy atom. The van der Waals surface area contributed by atoms with E-state index in [4.69, 9.17) is 15.0 Å². The van der Waals surface area contributed by atoms with Crippen molar-refractivity contribution in [2.75, 3.05) is 0 Å². The van der Waals surface area contributed by atoms with E-state index < -0.39 is 0 Å². The van der Waals surface area contributed by atoms with Crippen LogP contribution >= 0.6 is 11.3 Å². The molecule has 0 spiro atoms. The maximum Gasteiger partial charge on any atom is 0.165 e. The van der Waals surface area contributed by atoms with Gasteiger partial charge in [0.05, 0.1) is 5.52 Å². The van der Waals surface area contributed by atoms with Gasteiger partial charge in [-0.15, -0.1) is 11.3 Å². The van der Waals surface area contributed by atoms with Gasteiger partial charge in [0, 0.05) is 59.2 Å². The van der Waals surface area contributed by atoms with Crippen LogP contribution in [0.4, 0.5) is 0 Å². The van der Waals surface area contributed by atoms with E-state index in [1.807, 2.05) is 36.4 Å². The second kappa shape index (κ2) is 13.4. The van der Waals surface area contributed by atoms with Gasteiger partial charge in [0.15, 0.2) is 17.5 Å². The van der Waals surface area contributed by atoms with Gasteiger partial charge >= 0.3 is 0 Å². The fourth-order valence-electron chi connectivity index (χ4n) is 8.41. The number of benzene rings is 7. The highest BCUT2D eigenvalue weighted by Gasteiger charge is 2.22. The summed E-state index contributed by atoms with van der Waals surface area (Å²) >= 11 is 1.80. The number of rotatable bonds is 6. The lowest BCUT2D eigenvalue weighted by molar-refractivity contribution is 0.888. The van der Waals surface area contributed by atoms with Crippen LogP contribution in [0.25, 0.3) is 99.3 Å². The quantitative estimate of drug-likeness (QED) is 0.171. The van der Waals surface area contributed by atoms with Crippen LogP contribution in [0.2, 0.25) is 0 Å². The molecule has 3 aromatic heterocycles. The van der Waals surface area contributed by atoms with Crippen LogP contribution in [-0.2, 0) is 6.42 Å². The van der Waals surface area contributed by atoms with Crippen molar-refractivity contribution < 1.29 is 0 Å². The van der Waals surface area contributed by atoms with Crippen molar-refractivity contribution in [1.29, 1.82) is 0 Å². The summed E-state index contributed by atoms with van der Waals surface area (Å²) in [6.07, 6.45) is 6.73. The molecule has 0 bridgehead atoms. The van der Waals surface area contributed by atoms with Crippen LogP contribution in [0, 0.1) is 0 Å². The zero-order valence-corrected chi connectivity index (χ0v) is 31.2. The smallest absolute Gasteiger partial charge is 0.165 e. The van der Waals surface area contributed by atoms with Gasteiger partial charge in [-0.05, 0) is 71.5 Å². The van der Waals surface area contributed by atoms with E-state index in [0.29, 0.717) is 17.5 Å². The third-order valence-electron chi connectivity index (χ3n) is 10.9. The van der Waals surface area contributed by atoms with Gasteiger partial charge in [0.2, 0.25) is 0 Å². The Kier molecular flexibility index (Phi) is 7.78. The Labute approximate surface area is 328 Å². The Hall–Kier alpha value is -6.95. The first kappa shape index (κ1) is 32.5. The monoisotopic (exact) mass is 734 g/mol. The number of allylic oxidation sites excluding steroid dienone is 1. The Bertz CT molecular complexity index is 3070. The topological polar surface area (TPSA) is 43.6 Å². The Morgan fingerprint density at radius 1 is 0.482 bits per heavy atom. The fraction of sp³-hybridized carbons (Fsp3) is 0.0392. The molecule has 0 aliphatic heterocycles. The summed E-state index contributed by atoms with van der Waals surface area (Å²) in [6.45, 7) is 0. The maximum atomic E-state index is 5.11. The number of fused-ring (bicyclic) bond motifs is 6. The number of hydrogen-bond acceptors (Lipinski definition) is 4. The molecule has 1 aliphatic carbocycles. The molecule has 264 valence electrons. The van der Waals surface area contributed by atoms with Gasteiger partial charge in [-0.2, -0.15) is 0 Å². The number of hydrogen-bond donors (Lipinski definition) is 0. The molecule has 0 amide bonds. The molecule has 10 aromatic rings. The first-order valence-corrected chi connectivity index (χ1v) is 19.9. The normalized spacial score (nSPS) is 12.4. The molecule has 4 nitrogen and oxygen atoms in total. The van der Waals surface area contributed by atoms with E-state index in [-0.39, 0.29) is 0 Å². The zero-order chi connectivity index (χ0) is 37.0. The van der Waals surface area contributed by atoms with Gasteiger partial charge in [-0.25, -0.2) is 15.0 Å². The summed E-state index contributed by atoms with van der Waals surface area (Å²) in [4.78, 5) is 15.2. The predicted octanol–water partition coefficient (Wildman–Crippen LogP) is 13.5. The van der Waals surface area contributed by atoms with Crippen molar-refractivity contribution in [2.24, 2.45) is 0 Å². The molecule has 56 heavy (non-hydrogen) atoms. The lowest BCUT2D eigenvalue weighted by atomic mass is 9.91. The summed E-state index contributed by atoms with van der Waals surface area (Å²) in [5, 5.41) is 3.74.